The van der Waals surface area contributed by atoms with Gasteiger partial charge >= 0.3 is 0 Å². The van der Waals surface area contributed by atoms with E-state index in [1.807, 2.05) is 58.0 Å². The molecular formula is C25H32O4S. The molecule has 0 N–H and O–H groups in total. The van der Waals surface area contributed by atoms with E-state index in [1.54, 1.807) is 24.3 Å². The van der Waals surface area contributed by atoms with Crippen LogP contribution in [0.25, 0.3) is 0 Å². The molecule has 4 nitrogen and oxygen atoms in total. The zero-order chi connectivity index (χ0) is 22.0. The Hall–Kier alpha value is -2.13. The lowest BCUT2D eigenvalue weighted by molar-refractivity contribution is 0.117. The first kappa shape index (κ1) is 24.1. The lowest BCUT2D eigenvalue weighted by Gasteiger charge is -2.25. The number of hydrogen-bond donors (Lipinski definition) is 0. The maximum absolute atomic E-state index is 12.6. The van der Waals surface area contributed by atoms with E-state index in [2.05, 4.69) is 11.8 Å². The summed E-state index contributed by atoms with van der Waals surface area (Å²) in [6, 6.07) is 16.7. The molecule has 1 atom stereocenters. The van der Waals surface area contributed by atoms with Crippen molar-refractivity contribution in [3.63, 3.8) is 0 Å². The van der Waals surface area contributed by atoms with Gasteiger partial charge < -0.3 is 4.74 Å². The summed E-state index contributed by atoms with van der Waals surface area (Å²) < 4.78 is 36.4. The largest absolute Gasteiger partial charge is 0.377 e. The smallest absolute Gasteiger partial charge is 0.298 e. The van der Waals surface area contributed by atoms with Crippen molar-refractivity contribution >= 4 is 10.1 Å². The summed E-state index contributed by atoms with van der Waals surface area (Å²) in [7, 11) is -3.86. The van der Waals surface area contributed by atoms with Crippen LogP contribution in [0.4, 0.5) is 0 Å². The molecule has 30 heavy (non-hydrogen) atoms. The zero-order valence-electron chi connectivity index (χ0n) is 18.4. The van der Waals surface area contributed by atoms with Gasteiger partial charge in [-0.3, -0.25) is 0 Å². The van der Waals surface area contributed by atoms with Crippen LogP contribution in [0.15, 0.2) is 59.5 Å². The molecule has 1 unspecified atom stereocenters. The highest BCUT2D eigenvalue weighted by Gasteiger charge is 2.30. The molecule has 5 heteroatoms. The van der Waals surface area contributed by atoms with Gasteiger partial charge in [0.2, 0.25) is 0 Å². The number of aryl methyl sites for hydroxylation is 1. The van der Waals surface area contributed by atoms with Crippen molar-refractivity contribution in [2.75, 3.05) is 6.61 Å². The predicted octanol–water partition coefficient (Wildman–Crippen LogP) is 5.51. The van der Waals surface area contributed by atoms with Crippen molar-refractivity contribution in [3.8, 4) is 11.8 Å². The maximum Gasteiger partial charge on any atom is 0.298 e. The minimum Gasteiger partial charge on any atom is -0.377 e. The van der Waals surface area contributed by atoms with Crippen molar-refractivity contribution in [2.24, 2.45) is 5.41 Å². The maximum atomic E-state index is 12.6. The fraction of sp³-hybridized carbons (Fsp3) is 0.440. The minimum atomic E-state index is -3.86. The average molecular weight is 429 g/mol. The van der Waals surface area contributed by atoms with Crippen LogP contribution in [-0.4, -0.2) is 21.1 Å². The quantitative estimate of drug-likeness (QED) is 0.300. The average Bonchev–Trinajstić information content (AvgIpc) is 2.69. The molecule has 2 aromatic carbocycles. The van der Waals surface area contributed by atoms with Gasteiger partial charge in [-0.1, -0.05) is 74.7 Å². The lowest BCUT2D eigenvalue weighted by atomic mass is 9.89. The minimum absolute atomic E-state index is 0.153. The van der Waals surface area contributed by atoms with Crippen LogP contribution in [0.3, 0.4) is 0 Å². The molecule has 2 aromatic rings. The van der Waals surface area contributed by atoms with Gasteiger partial charge in [0, 0.05) is 18.4 Å². The first-order valence-corrected chi connectivity index (χ1v) is 11.7. The van der Waals surface area contributed by atoms with Gasteiger partial charge in [0.1, 0.15) is 6.10 Å². The van der Waals surface area contributed by atoms with Crippen molar-refractivity contribution < 1.29 is 17.3 Å². The normalized spacial score (nSPS) is 12.8. The summed E-state index contributed by atoms with van der Waals surface area (Å²) in [5, 5.41) is 0. The van der Waals surface area contributed by atoms with Crippen LogP contribution >= 0.6 is 0 Å². The van der Waals surface area contributed by atoms with Crippen LogP contribution < -0.4 is 0 Å². The topological polar surface area (TPSA) is 52.6 Å². The molecule has 2 rings (SSSR count). The van der Waals surface area contributed by atoms with Gasteiger partial charge in [0.15, 0.2) is 0 Å². The molecule has 0 radical (unpaired) electrons. The van der Waals surface area contributed by atoms with E-state index in [-0.39, 0.29) is 4.90 Å². The Balaban J connectivity index is 1.82. The first-order valence-electron chi connectivity index (χ1n) is 10.3. The second-order valence-electron chi connectivity index (χ2n) is 8.43. The second kappa shape index (κ2) is 11.3. The molecule has 162 valence electrons. The summed E-state index contributed by atoms with van der Waals surface area (Å²) in [6.07, 6.45) is 1.76. The Labute approximate surface area is 181 Å². The number of benzene rings is 2. The fourth-order valence-corrected chi connectivity index (χ4v) is 3.79. The Morgan fingerprint density at radius 2 is 1.63 bits per heavy atom. The molecule has 0 bridgehead atoms. The third kappa shape index (κ3) is 8.31. The van der Waals surface area contributed by atoms with E-state index in [0.717, 1.165) is 24.0 Å². The van der Waals surface area contributed by atoms with Gasteiger partial charge in [0.05, 0.1) is 11.5 Å². The molecule has 0 aliphatic heterocycles. The number of rotatable bonds is 9. The summed E-state index contributed by atoms with van der Waals surface area (Å²) in [5.41, 5.74) is 1.73. The predicted molar refractivity (Wildman–Crippen MR) is 120 cm³/mol. The van der Waals surface area contributed by atoms with E-state index in [0.29, 0.717) is 19.6 Å². The lowest BCUT2D eigenvalue weighted by Crippen LogP contribution is -2.30. The molecule has 0 aromatic heterocycles. The zero-order valence-corrected chi connectivity index (χ0v) is 19.2. The molecule has 0 aliphatic carbocycles. The van der Waals surface area contributed by atoms with E-state index >= 15 is 0 Å². The molecule has 0 aliphatic rings. The summed E-state index contributed by atoms with van der Waals surface area (Å²) in [6.45, 7) is 8.98. The van der Waals surface area contributed by atoms with E-state index in [1.165, 1.54) is 0 Å². The number of hydrogen-bond acceptors (Lipinski definition) is 4. The van der Waals surface area contributed by atoms with Gasteiger partial charge in [-0.25, -0.2) is 4.18 Å². The Morgan fingerprint density at radius 3 is 2.27 bits per heavy atom. The molecule has 0 heterocycles. The monoisotopic (exact) mass is 428 g/mol. The van der Waals surface area contributed by atoms with Crippen LogP contribution in [0.5, 0.6) is 0 Å². The summed E-state index contributed by atoms with van der Waals surface area (Å²) in [5.74, 6) is 6.11. The fourth-order valence-electron chi connectivity index (χ4n) is 2.62. The molecule has 0 saturated carbocycles. The highest BCUT2D eigenvalue weighted by atomic mass is 32.2. The van der Waals surface area contributed by atoms with Crippen LogP contribution in [0.2, 0.25) is 0 Å². The summed E-state index contributed by atoms with van der Waals surface area (Å²) in [4.78, 5) is 0.153. The molecule has 0 saturated heterocycles. The SMILES string of the molecule is Cc1ccc(S(=O)(=O)OC(C#CCCCCOCc2ccccc2)C(C)(C)C)cc1. The van der Waals surface area contributed by atoms with E-state index in [4.69, 9.17) is 8.92 Å². The standard InChI is InChI=1S/C25H32O4S/c1-21-15-17-23(18-16-21)30(26,27)29-24(25(2,3)4)14-10-5-6-11-19-28-20-22-12-8-7-9-13-22/h7-9,12-13,15-18,24H,5-6,11,19-20H2,1-4H3. The number of unbranched alkanes of at least 4 members (excludes halogenated alkanes) is 2. The van der Waals surface area contributed by atoms with Gasteiger partial charge in [-0.15, -0.1) is 5.92 Å². The second-order valence-corrected chi connectivity index (χ2v) is 10.00. The van der Waals surface area contributed by atoms with Crippen LogP contribution in [-0.2, 0) is 25.6 Å². The van der Waals surface area contributed by atoms with Crippen LogP contribution in [0.1, 0.15) is 51.2 Å². The van der Waals surface area contributed by atoms with Gasteiger partial charge in [0.25, 0.3) is 10.1 Å². The van der Waals surface area contributed by atoms with Crippen molar-refractivity contribution in [1.82, 2.24) is 0 Å². The highest BCUT2D eigenvalue weighted by molar-refractivity contribution is 7.86. The Morgan fingerprint density at radius 1 is 0.967 bits per heavy atom. The molecular weight excluding hydrogens is 396 g/mol. The van der Waals surface area contributed by atoms with Crippen molar-refractivity contribution in [3.05, 3.63) is 65.7 Å². The van der Waals surface area contributed by atoms with Gasteiger partial charge in [-0.2, -0.15) is 8.42 Å². The van der Waals surface area contributed by atoms with Crippen LogP contribution in [0, 0.1) is 24.2 Å². The Kier molecular flexibility index (Phi) is 9.10. The number of ether oxygens (including phenoxy) is 1. The first-order chi connectivity index (χ1) is 14.2. The van der Waals surface area contributed by atoms with E-state index in [9.17, 15) is 8.42 Å². The summed E-state index contributed by atoms with van der Waals surface area (Å²) >= 11 is 0. The molecule has 0 fully saturated rings. The van der Waals surface area contributed by atoms with Crippen molar-refractivity contribution in [1.29, 1.82) is 0 Å². The van der Waals surface area contributed by atoms with Crippen molar-refractivity contribution in [2.45, 2.75) is 64.6 Å². The highest BCUT2D eigenvalue weighted by Crippen LogP contribution is 2.26. The Bertz CT molecular complexity index is 931. The van der Waals surface area contributed by atoms with Gasteiger partial charge in [-0.05, 0) is 37.5 Å². The molecule has 0 spiro atoms. The third-order valence-electron chi connectivity index (χ3n) is 4.50. The third-order valence-corrected chi connectivity index (χ3v) is 5.80. The van der Waals surface area contributed by atoms with E-state index < -0.39 is 21.6 Å². The molecule has 0 amide bonds.